The molecule has 8 heteroatoms. The summed E-state index contributed by atoms with van der Waals surface area (Å²) >= 11 is 0. The van der Waals surface area contributed by atoms with Gasteiger partial charge in [-0.3, -0.25) is 4.79 Å². The predicted octanol–water partition coefficient (Wildman–Crippen LogP) is 1.90. The zero-order valence-electron chi connectivity index (χ0n) is 16.9. The van der Waals surface area contributed by atoms with Crippen LogP contribution < -0.4 is 21.6 Å². The average molecular weight is 407 g/mol. The minimum Gasteiger partial charge on any atom is -0.430 e. The molecule has 0 aliphatic heterocycles. The molecule has 156 valence electrons. The highest BCUT2D eigenvalue weighted by Crippen LogP contribution is 2.39. The summed E-state index contributed by atoms with van der Waals surface area (Å²) in [5.74, 6) is 0.196. The van der Waals surface area contributed by atoms with Crippen molar-refractivity contribution in [1.82, 2.24) is 16.0 Å². The number of aliphatic imine (C=N–C) groups is 1. The second-order valence-corrected chi connectivity index (χ2v) is 7.40. The number of amides is 1. The lowest BCUT2D eigenvalue weighted by atomic mass is 9.68. The van der Waals surface area contributed by atoms with Crippen molar-refractivity contribution in [2.24, 2.45) is 4.99 Å². The van der Waals surface area contributed by atoms with Crippen molar-refractivity contribution in [2.45, 2.75) is 37.1 Å². The molecule has 1 aromatic carbocycles. The van der Waals surface area contributed by atoms with E-state index in [0.29, 0.717) is 18.1 Å². The first-order chi connectivity index (χ1) is 14.6. The molecule has 8 nitrogen and oxygen atoms in total. The van der Waals surface area contributed by atoms with Gasteiger partial charge in [-0.1, -0.05) is 30.3 Å². The number of carbonyl (C=O) groups excluding carboxylic acids is 1. The third-order valence-corrected chi connectivity index (χ3v) is 5.62. The van der Waals surface area contributed by atoms with Crippen molar-refractivity contribution >= 4 is 11.9 Å². The van der Waals surface area contributed by atoms with E-state index in [-0.39, 0.29) is 17.4 Å². The van der Waals surface area contributed by atoms with E-state index in [1.54, 1.807) is 13.2 Å². The zero-order chi connectivity index (χ0) is 21.4. The van der Waals surface area contributed by atoms with Gasteiger partial charge >= 0.3 is 5.63 Å². The van der Waals surface area contributed by atoms with E-state index in [0.717, 1.165) is 25.7 Å². The van der Waals surface area contributed by atoms with Crippen molar-refractivity contribution in [1.29, 1.82) is 5.26 Å². The fourth-order valence-corrected chi connectivity index (χ4v) is 3.92. The Morgan fingerprint density at radius 2 is 1.97 bits per heavy atom. The Labute approximate surface area is 175 Å². The fourth-order valence-electron chi connectivity index (χ4n) is 3.92. The molecule has 0 bridgehead atoms. The molecule has 0 radical (unpaired) electrons. The van der Waals surface area contributed by atoms with Gasteiger partial charge in [0.25, 0.3) is 5.91 Å². The van der Waals surface area contributed by atoms with E-state index < -0.39 is 5.63 Å². The highest BCUT2D eigenvalue weighted by molar-refractivity contribution is 5.93. The summed E-state index contributed by atoms with van der Waals surface area (Å²) in [6.07, 6.45) is 6.44. The van der Waals surface area contributed by atoms with Crippen LogP contribution in [-0.4, -0.2) is 31.5 Å². The molecule has 0 atom stereocenters. The minimum absolute atomic E-state index is 0.195. The lowest BCUT2D eigenvalue weighted by Gasteiger charge is -2.41. The third-order valence-electron chi connectivity index (χ3n) is 5.62. The van der Waals surface area contributed by atoms with Crippen LogP contribution in [0.15, 0.2) is 62.9 Å². The van der Waals surface area contributed by atoms with Crippen LogP contribution in [0, 0.1) is 11.5 Å². The normalized spacial score (nSPS) is 21.3. The molecule has 1 aromatic heterocycles. The Balaban J connectivity index is 1.72. The molecule has 1 amide bonds. The van der Waals surface area contributed by atoms with Crippen LogP contribution in [0.1, 0.15) is 41.6 Å². The molecule has 30 heavy (non-hydrogen) atoms. The van der Waals surface area contributed by atoms with Gasteiger partial charge in [-0.05, 0) is 37.3 Å². The van der Waals surface area contributed by atoms with Gasteiger partial charge in [0.1, 0.15) is 6.26 Å². The minimum atomic E-state index is -0.487. The van der Waals surface area contributed by atoms with Gasteiger partial charge in [-0.15, -0.1) is 4.99 Å². The predicted molar refractivity (Wildman–Crippen MR) is 113 cm³/mol. The number of benzene rings is 1. The number of rotatable bonds is 5. The maximum absolute atomic E-state index is 12.6. The highest BCUT2D eigenvalue weighted by Gasteiger charge is 2.37. The van der Waals surface area contributed by atoms with Gasteiger partial charge in [0.05, 0.1) is 5.56 Å². The molecular weight excluding hydrogens is 382 g/mol. The molecule has 3 N–H and O–H groups in total. The van der Waals surface area contributed by atoms with Crippen LogP contribution >= 0.6 is 0 Å². The molecule has 0 saturated heterocycles. The smallest absolute Gasteiger partial charge is 0.335 e. The molecule has 1 aliphatic carbocycles. The van der Waals surface area contributed by atoms with E-state index in [1.165, 1.54) is 24.0 Å². The van der Waals surface area contributed by atoms with Crippen LogP contribution in [0.3, 0.4) is 0 Å². The Morgan fingerprint density at radius 3 is 2.57 bits per heavy atom. The first-order valence-electron chi connectivity index (χ1n) is 9.90. The van der Waals surface area contributed by atoms with E-state index in [4.69, 9.17) is 9.68 Å². The monoisotopic (exact) mass is 407 g/mol. The van der Waals surface area contributed by atoms with Crippen LogP contribution in [0.25, 0.3) is 0 Å². The van der Waals surface area contributed by atoms with Gasteiger partial charge in [0.2, 0.25) is 12.2 Å². The Hall–Kier alpha value is -3.60. The first kappa shape index (κ1) is 21.1. The second kappa shape index (κ2) is 9.74. The van der Waals surface area contributed by atoms with Crippen LogP contribution in [0.2, 0.25) is 0 Å². The topological polar surface area (TPSA) is 120 Å². The summed E-state index contributed by atoms with van der Waals surface area (Å²) in [6.45, 7) is 0.479. The zero-order valence-corrected chi connectivity index (χ0v) is 16.9. The lowest BCUT2D eigenvalue weighted by molar-refractivity contribution is 0.0932. The number of nitrogens with zero attached hydrogens (tertiary/aromatic N) is 2. The number of nitrogens with one attached hydrogen (secondary N) is 3. The van der Waals surface area contributed by atoms with Crippen molar-refractivity contribution in [2.75, 3.05) is 13.6 Å². The summed E-state index contributed by atoms with van der Waals surface area (Å²) in [4.78, 5) is 27.4. The van der Waals surface area contributed by atoms with Gasteiger partial charge in [-0.2, -0.15) is 5.26 Å². The number of carbonyl (C=O) groups is 1. The van der Waals surface area contributed by atoms with Gasteiger partial charge in [0, 0.05) is 31.1 Å². The summed E-state index contributed by atoms with van der Waals surface area (Å²) < 4.78 is 4.80. The SMILES string of the molecule is CN/C(=N\C#N)N[C@H]1CC[C@](CNC(=O)c2ccc(=O)oc2)(c2ccccc2)CC1. The molecular formula is C22H25N5O3. The molecule has 1 heterocycles. The van der Waals surface area contributed by atoms with E-state index in [2.05, 4.69) is 33.1 Å². The van der Waals surface area contributed by atoms with Crippen LogP contribution in [0.4, 0.5) is 0 Å². The van der Waals surface area contributed by atoms with Crippen molar-refractivity contribution in [3.63, 3.8) is 0 Å². The van der Waals surface area contributed by atoms with E-state index >= 15 is 0 Å². The first-order valence-corrected chi connectivity index (χ1v) is 9.90. The molecule has 0 unspecified atom stereocenters. The van der Waals surface area contributed by atoms with Gasteiger partial charge < -0.3 is 20.4 Å². The molecule has 1 aliphatic rings. The largest absolute Gasteiger partial charge is 0.430 e. The highest BCUT2D eigenvalue weighted by atomic mass is 16.4. The Kier molecular flexibility index (Phi) is 6.86. The number of hydrogen-bond donors (Lipinski definition) is 3. The van der Waals surface area contributed by atoms with Gasteiger partial charge in [-0.25, -0.2) is 4.79 Å². The van der Waals surface area contributed by atoms with E-state index in [1.807, 2.05) is 18.2 Å². The summed E-state index contributed by atoms with van der Waals surface area (Å²) in [7, 11) is 1.72. The number of hydrogen-bond acceptors (Lipinski definition) is 5. The van der Waals surface area contributed by atoms with Gasteiger partial charge in [0.15, 0.2) is 0 Å². The van der Waals surface area contributed by atoms with Crippen LogP contribution in [0.5, 0.6) is 0 Å². The molecule has 0 spiro atoms. The molecule has 1 fully saturated rings. The van der Waals surface area contributed by atoms with Crippen LogP contribution in [-0.2, 0) is 5.41 Å². The standard InChI is InChI=1S/C22H25N5O3/c1-24-21(26-15-23)27-18-9-11-22(12-10-18,17-5-3-2-4-6-17)14-25-20(29)16-7-8-19(28)30-13-16/h2-8,13,18H,9-12,14H2,1H3,(H,25,29)(H2,24,26,27)/t18-,22-. The molecule has 2 aromatic rings. The number of guanidine groups is 1. The second-order valence-electron chi connectivity index (χ2n) is 7.40. The molecule has 3 rings (SSSR count). The number of nitriles is 1. The summed E-state index contributed by atoms with van der Waals surface area (Å²) in [6, 6.07) is 13.1. The lowest BCUT2D eigenvalue weighted by Crippen LogP contribution is -2.49. The van der Waals surface area contributed by atoms with Crippen molar-refractivity contribution < 1.29 is 9.21 Å². The quantitative estimate of drug-likeness (QED) is 0.396. The average Bonchev–Trinajstić information content (AvgIpc) is 2.79. The third kappa shape index (κ3) is 5.06. The van der Waals surface area contributed by atoms with Crippen molar-refractivity contribution in [3.8, 4) is 6.19 Å². The summed E-state index contributed by atoms with van der Waals surface area (Å²) in [5, 5.41) is 18.0. The molecule has 1 saturated carbocycles. The van der Waals surface area contributed by atoms with E-state index in [9.17, 15) is 9.59 Å². The maximum atomic E-state index is 12.6. The fraction of sp³-hybridized carbons (Fsp3) is 0.364. The maximum Gasteiger partial charge on any atom is 0.335 e. The summed E-state index contributed by atoms with van der Waals surface area (Å²) in [5.41, 5.74) is 0.818. The Morgan fingerprint density at radius 1 is 1.23 bits per heavy atom. The Bertz CT molecular complexity index is 965. The van der Waals surface area contributed by atoms with Crippen molar-refractivity contribution in [3.05, 3.63) is 70.3 Å².